The fourth-order valence-electron chi connectivity index (χ4n) is 1.30. The highest BCUT2D eigenvalue weighted by Gasteiger charge is 2.15. The van der Waals surface area contributed by atoms with Crippen LogP contribution in [-0.4, -0.2) is 19.8 Å². The number of hydrogen-bond acceptors (Lipinski definition) is 3. The predicted octanol–water partition coefficient (Wildman–Crippen LogP) is 0.735. The zero-order valence-electron chi connectivity index (χ0n) is 8.45. The standard InChI is InChI=1S/C9H16N2O3/c1-3-4-5-11-8(13)7(6(2)12)10-9(11)14/h6,12-13H,3-5H2,1-2H3,(H,10,14). The number of aliphatic hydroxyl groups is 1. The summed E-state index contributed by atoms with van der Waals surface area (Å²) in [6, 6.07) is 0. The van der Waals surface area contributed by atoms with Crippen LogP contribution in [0.4, 0.5) is 0 Å². The van der Waals surface area contributed by atoms with E-state index in [1.807, 2.05) is 6.92 Å². The fourth-order valence-corrected chi connectivity index (χ4v) is 1.30. The predicted molar refractivity (Wildman–Crippen MR) is 52.3 cm³/mol. The molecule has 14 heavy (non-hydrogen) atoms. The van der Waals surface area contributed by atoms with Crippen LogP contribution in [0.1, 0.15) is 38.5 Å². The Kier molecular flexibility index (Phi) is 3.35. The van der Waals surface area contributed by atoms with E-state index in [9.17, 15) is 15.0 Å². The molecule has 5 nitrogen and oxygen atoms in total. The smallest absolute Gasteiger partial charge is 0.328 e. The van der Waals surface area contributed by atoms with Crippen LogP contribution in [0, 0.1) is 0 Å². The van der Waals surface area contributed by atoms with Crippen LogP contribution >= 0.6 is 0 Å². The number of H-pyrrole nitrogens is 1. The van der Waals surface area contributed by atoms with Crippen LogP contribution in [0.3, 0.4) is 0 Å². The molecule has 5 heteroatoms. The highest BCUT2D eigenvalue weighted by molar-refractivity contribution is 5.20. The van der Waals surface area contributed by atoms with Crippen molar-refractivity contribution >= 4 is 0 Å². The normalized spacial score (nSPS) is 13.1. The lowest BCUT2D eigenvalue weighted by atomic mass is 10.3. The van der Waals surface area contributed by atoms with E-state index in [0.29, 0.717) is 6.54 Å². The highest BCUT2D eigenvalue weighted by atomic mass is 16.3. The molecule has 0 aliphatic heterocycles. The summed E-state index contributed by atoms with van der Waals surface area (Å²) in [7, 11) is 0. The van der Waals surface area contributed by atoms with Crippen LogP contribution in [0.5, 0.6) is 5.88 Å². The van der Waals surface area contributed by atoms with E-state index >= 15 is 0 Å². The summed E-state index contributed by atoms with van der Waals surface area (Å²) >= 11 is 0. The van der Waals surface area contributed by atoms with Gasteiger partial charge in [-0.3, -0.25) is 4.57 Å². The number of imidazole rings is 1. The SMILES string of the molecule is CCCCn1c(O)c(C(C)O)[nH]c1=O. The number of nitrogens with one attached hydrogen (secondary N) is 1. The van der Waals surface area contributed by atoms with Crippen molar-refractivity contribution < 1.29 is 10.2 Å². The minimum Gasteiger partial charge on any atom is -0.493 e. The van der Waals surface area contributed by atoms with E-state index in [1.165, 1.54) is 11.5 Å². The van der Waals surface area contributed by atoms with Crippen molar-refractivity contribution in [2.24, 2.45) is 0 Å². The molecule has 1 unspecified atom stereocenters. The number of aromatic amines is 1. The number of nitrogens with zero attached hydrogens (tertiary/aromatic N) is 1. The molecule has 1 aromatic rings. The van der Waals surface area contributed by atoms with Crippen LogP contribution in [0.2, 0.25) is 0 Å². The van der Waals surface area contributed by atoms with E-state index in [0.717, 1.165) is 12.8 Å². The molecule has 1 rings (SSSR count). The molecule has 80 valence electrons. The third-order valence-electron chi connectivity index (χ3n) is 2.14. The number of aromatic hydroxyl groups is 1. The Bertz CT molecular complexity index is 351. The van der Waals surface area contributed by atoms with Gasteiger partial charge >= 0.3 is 5.69 Å². The molecule has 0 spiro atoms. The summed E-state index contributed by atoms with van der Waals surface area (Å²) in [6.07, 6.45) is 0.914. The fraction of sp³-hybridized carbons (Fsp3) is 0.667. The molecule has 0 fully saturated rings. The molecule has 1 aromatic heterocycles. The van der Waals surface area contributed by atoms with Crippen molar-refractivity contribution in [1.82, 2.24) is 9.55 Å². The van der Waals surface area contributed by atoms with Crippen molar-refractivity contribution in [3.8, 4) is 5.88 Å². The van der Waals surface area contributed by atoms with Crippen molar-refractivity contribution in [3.05, 3.63) is 16.2 Å². The summed E-state index contributed by atoms with van der Waals surface area (Å²) in [4.78, 5) is 13.7. The van der Waals surface area contributed by atoms with Gasteiger partial charge in [0.05, 0.1) is 6.10 Å². The van der Waals surface area contributed by atoms with Gasteiger partial charge in [0.2, 0.25) is 5.88 Å². The Morgan fingerprint density at radius 1 is 1.57 bits per heavy atom. The highest BCUT2D eigenvalue weighted by Crippen LogP contribution is 2.19. The lowest BCUT2D eigenvalue weighted by Gasteiger charge is -2.03. The molecular formula is C9H16N2O3. The Hall–Kier alpha value is -1.23. The summed E-state index contributed by atoms with van der Waals surface area (Å²) in [6.45, 7) is 3.98. The average Bonchev–Trinajstić information content (AvgIpc) is 2.40. The number of hydrogen-bond donors (Lipinski definition) is 3. The molecule has 0 aliphatic rings. The topological polar surface area (TPSA) is 78.2 Å². The summed E-state index contributed by atoms with van der Waals surface area (Å²) < 4.78 is 1.24. The number of unbranched alkanes of at least 4 members (excludes halogenated alkanes) is 1. The van der Waals surface area contributed by atoms with Crippen LogP contribution in [0.15, 0.2) is 4.79 Å². The zero-order chi connectivity index (χ0) is 10.7. The first kappa shape index (κ1) is 10.8. The van der Waals surface area contributed by atoms with Gasteiger partial charge in [-0.1, -0.05) is 13.3 Å². The average molecular weight is 200 g/mol. The maximum absolute atomic E-state index is 11.3. The summed E-state index contributed by atoms with van der Waals surface area (Å²) in [5, 5.41) is 18.8. The lowest BCUT2D eigenvalue weighted by molar-refractivity contribution is 0.189. The molecule has 0 saturated heterocycles. The molecule has 0 amide bonds. The summed E-state index contributed by atoms with van der Waals surface area (Å²) in [5.41, 5.74) is -0.182. The van der Waals surface area contributed by atoms with Crippen molar-refractivity contribution in [2.75, 3.05) is 0 Å². The molecule has 3 N–H and O–H groups in total. The molecular weight excluding hydrogens is 184 g/mol. The van der Waals surface area contributed by atoms with E-state index in [4.69, 9.17) is 0 Å². The van der Waals surface area contributed by atoms with E-state index in [2.05, 4.69) is 4.98 Å². The van der Waals surface area contributed by atoms with Gasteiger partial charge in [-0.05, 0) is 13.3 Å². The minimum absolute atomic E-state index is 0.154. The first-order valence-electron chi connectivity index (χ1n) is 4.77. The molecule has 0 radical (unpaired) electrons. The van der Waals surface area contributed by atoms with Crippen LogP contribution in [0.25, 0.3) is 0 Å². The first-order chi connectivity index (χ1) is 6.57. The second-order valence-corrected chi connectivity index (χ2v) is 3.35. The van der Waals surface area contributed by atoms with Crippen molar-refractivity contribution in [1.29, 1.82) is 0 Å². The van der Waals surface area contributed by atoms with Gasteiger partial charge in [0, 0.05) is 6.54 Å². The van der Waals surface area contributed by atoms with E-state index < -0.39 is 6.10 Å². The van der Waals surface area contributed by atoms with Gasteiger partial charge in [-0.15, -0.1) is 0 Å². The molecule has 1 atom stereocenters. The molecule has 0 saturated carbocycles. The molecule has 0 bridgehead atoms. The maximum Gasteiger partial charge on any atom is 0.328 e. The van der Waals surface area contributed by atoms with E-state index in [1.54, 1.807) is 0 Å². The maximum atomic E-state index is 11.3. The van der Waals surface area contributed by atoms with Crippen LogP contribution < -0.4 is 5.69 Å². The van der Waals surface area contributed by atoms with Crippen molar-refractivity contribution in [2.45, 2.75) is 39.3 Å². The molecule has 0 aromatic carbocycles. The third-order valence-corrected chi connectivity index (χ3v) is 2.14. The minimum atomic E-state index is -0.856. The molecule has 1 heterocycles. The zero-order valence-corrected chi connectivity index (χ0v) is 8.45. The largest absolute Gasteiger partial charge is 0.493 e. The van der Waals surface area contributed by atoms with Gasteiger partial charge in [-0.2, -0.15) is 0 Å². The van der Waals surface area contributed by atoms with Crippen molar-refractivity contribution in [3.63, 3.8) is 0 Å². The van der Waals surface area contributed by atoms with Gasteiger partial charge in [-0.25, -0.2) is 4.79 Å². The monoisotopic (exact) mass is 200 g/mol. The Morgan fingerprint density at radius 2 is 2.21 bits per heavy atom. The second kappa shape index (κ2) is 4.32. The lowest BCUT2D eigenvalue weighted by Crippen LogP contribution is -2.16. The Morgan fingerprint density at radius 3 is 2.64 bits per heavy atom. The number of aromatic nitrogens is 2. The van der Waals surface area contributed by atoms with Gasteiger partial charge in [0.1, 0.15) is 5.69 Å². The number of aliphatic hydroxyl groups excluding tert-OH is 1. The first-order valence-corrected chi connectivity index (χ1v) is 4.77. The second-order valence-electron chi connectivity index (χ2n) is 3.35. The van der Waals surface area contributed by atoms with Gasteiger partial charge < -0.3 is 15.2 Å². The van der Waals surface area contributed by atoms with E-state index in [-0.39, 0.29) is 17.3 Å². The third kappa shape index (κ3) is 1.98. The van der Waals surface area contributed by atoms with Gasteiger partial charge in [0.25, 0.3) is 0 Å². The Balaban J connectivity index is 2.99. The number of rotatable bonds is 4. The quantitative estimate of drug-likeness (QED) is 0.670. The van der Waals surface area contributed by atoms with Gasteiger partial charge in [0.15, 0.2) is 0 Å². The summed E-state index contributed by atoms with van der Waals surface area (Å²) in [5.74, 6) is -0.154. The Labute approximate surface area is 82.0 Å². The van der Waals surface area contributed by atoms with Crippen LogP contribution in [-0.2, 0) is 6.54 Å². The molecule has 0 aliphatic carbocycles.